The number of hydrogen-bond donors (Lipinski definition) is 4. The number of nitrogen functional groups attached to an aromatic ring is 3. The van der Waals surface area contributed by atoms with Gasteiger partial charge < -0.3 is 31.8 Å². The number of aromatic nitrogens is 15. The molecule has 7 aromatic rings. The van der Waals surface area contributed by atoms with Crippen LogP contribution in [0.15, 0.2) is 30.7 Å². The van der Waals surface area contributed by atoms with E-state index in [2.05, 4.69) is 76.2 Å². The number of azo groups is 3. The minimum Gasteiger partial charge on any atom is -0.465 e. The second kappa shape index (κ2) is 17.3. The van der Waals surface area contributed by atoms with E-state index in [4.69, 9.17) is 26.7 Å². The number of aliphatic hydroxyl groups excluding tert-OH is 1. The number of esters is 2. The Bertz CT molecular complexity index is 3060. The molecule has 0 saturated carbocycles. The predicted octanol–water partition coefficient (Wildman–Crippen LogP) is 3.22. The lowest BCUT2D eigenvalue weighted by atomic mass is 10.1. The first-order chi connectivity index (χ1) is 31.3. The molecule has 30 heteroatoms. The number of aliphatic hydroxyl groups is 1. The van der Waals surface area contributed by atoms with Crippen LogP contribution in [0.2, 0.25) is 0 Å². The van der Waals surface area contributed by atoms with Gasteiger partial charge in [-0.05, 0) is 41.5 Å². The van der Waals surface area contributed by atoms with Crippen molar-refractivity contribution in [2.75, 3.05) is 38.0 Å². The van der Waals surface area contributed by atoms with Crippen LogP contribution >= 0.6 is 0 Å². The average molecular weight is 907 g/mol. The number of nitrogens with two attached hydrogens (primary N) is 3. The average Bonchev–Trinajstić information content (AvgIpc) is 4.07. The van der Waals surface area contributed by atoms with Gasteiger partial charge in [0.2, 0.25) is 5.82 Å². The number of ether oxygens (including phenoxy) is 2. The molecule has 7 rings (SSSR count). The summed E-state index contributed by atoms with van der Waals surface area (Å²) in [6.07, 6.45) is 0. The summed E-state index contributed by atoms with van der Waals surface area (Å²) < 4.78 is 17.4. The summed E-state index contributed by atoms with van der Waals surface area (Å²) in [5.41, 5.74) is 22.5. The lowest BCUT2D eigenvalue weighted by molar-refractivity contribution is 0.0591. The number of aryl methyl sites for hydroxylation is 8. The second-order valence-electron chi connectivity index (χ2n) is 14.3. The molecule has 0 fully saturated rings. The molecule has 7 N–H and O–H groups in total. The number of carbonyl (C=O) groups is 3. The zero-order chi connectivity index (χ0) is 48.0. The molecule has 0 saturated heterocycles. The lowest BCUT2D eigenvalue weighted by Gasteiger charge is -2.09. The van der Waals surface area contributed by atoms with Gasteiger partial charge in [-0.15, -0.1) is 30.7 Å². The zero-order valence-electron chi connectivity index (χ0n) is 37.3. The van der Waals surface area contributed by atoms with Crippen LogP contribution in [0, 0.1) is 41.5 Å². The number of nitrogens with zero attached hydrogens (tertiary/aromatic N) is 21. The largest absolute Gasteiger partial charge is 0.465 e. The molecule has 0 atom stereocenters. The summed E-state index contributed by atoms with van der Waals surface area (Å²) >= 11 is 0. The Morgan fingerprint density at radius 2 is 0.879 bits per heavy atom. The van der Waals surface area contributed by atoms with Gasteiger partial charge in [-0.2, -0.15) is 59.6 Å². The fourth-order valence-corrected chi connectivity index (χ4v) is 6.63. The van der Waals surface area contributed by atoms with Crippen LogP contribution in [0.25, 0.3) is 17.8 Å². The number of methoxy groups -OCH3 is 2. The molecule has 66 heavy (non-hydrogen) atoms. The van der Waals surface area contributed by atoms with Gasteiger partial charge in [0.05, 0.1) is 48.3 Å². The summed E-state index contributed by atoms with van der Waals surface area (Å²) in [7, 11) is 7.25. The highest BCUT2D eigenvalue weighted by atomic mass is 16.5. The second-order valence-corrected chi connectivity index (χ2v) is 14.3. The molecule has 0 aliphatic heterocycles. The molecule has 0 unspecified atom stereocenters. The molecule has 0 aliphatic carbocycles. The lowest BCUT2D eigenvalue weighted by Crippen LogP contribution is -2.17. The molecule has 342 valence electrons. The molecule has 7 heterocycles. The quantitative estimate of drug-likeness (QED) is 0.0733. The van der Waals surface area contributed by atoms with E-state index in [0.717, 1.165) is 14.0 Å². The van der Waals surface area contributed by atoms with E-state index in [-0.39, 0.29) is 104 Å². The van der Waals surface area contributed by atoms with Crippen LogP contribution in [0.4, 0.5) is 52.0 Å². The van der Waals surface area contributed by atoms with Crippen LogP contribution in [-0.4, -0.2) is 117 Å². The fraction of sp³-hybridized carbons (Fsp3) is 0.333. The number of rotatable bonds is 13. The maximum Gasteiger partial charge on any atom is 0.343 e. The maximum absolute atomic E-state index is 12.6. The third-order valence-electron chi connectivity index (χ3n) is 9.99. The van der Waals surface area contributed by atoms with Gasteiger partial charge >= 0.3 is 11.9 Å². The van der Waals surface area contributed by atoms with E-state index in [1.165, 1.54) is 28.3 Å². The van der Waals surface area contributed by atoms with Crippen molar-refractivity contribution in [3.05, 3.63) is 50.9 Å². The van der Waals surface area contributed by atoms with Crippen LogP contribution in [0.3, 0.4) is 0 Å². The van der Waals surface area contributed by atoms with E-state index >= 15 is 0 Å². The number of anilines is 3. The Morgan fingerprint density at radius 3 is 1.23 bits per heavy atom. The molecular weight excluding hydrogens is 865 g/mol. The van der Waals surface area contributed by atoms with E-state index in [9.17, 15) is 19.5 Å². The summed E-state index contributed by atoms with van der Waals surface area (Å²) in [5, 5.41) is 61.6. The number of Topliss-reactive ketones (excluding diaryl/α,β-unsaturated/α-hetero) is 1. The molecule has 0 aromatic carbocycles. The van der Waals surface area contributed by atoms with Gasteiger partial charge in [-0.3, -0.25) is 9.48 Å². The molecule has 0 spiro atoms. The van der Waals surface area contributed by atoms with E-state index in [0.29, 0.717) is 17.1 Å². The summed E-state index contributed by atoms with van der Waals surface area (Å²) in [6, 6.07) is 0. The highest BCUT2D eigenvalue weighted by molar-refractivity contribution is 6.01. The van der Waals surface area contributed by atoms with Crippen molar-refractivity contribution >= 4 is 69.7 Å². The number of ketones is 1. The predicted molar refractivity (Wildman–Crippen MR) is 229 cm³/mol. The molecule has 30 nitrogen and oxygen atoms in total. The van der Waals surface area contributed by atoms with Crippen molar-refractivity contribution in [2.24, 2.45) is 51.8 Å². The monoisotopic (exact) mass is 906 g/mol. The Labute approximate surface area is 371 Å². The third kappa shape index (κ3) is 7.75. The first kappa shape index (κ1) is 45.1. The Morgan fingerprint density at radius 1 is 0.515 bits per heavy atom. The summed E-state index contributed by atoms with van der Waals surface area (Å²) in [4.78, 5) is 51.6. The minimum atomic E-state index is -0.770. The topological polar surface area (TPSA) is 388 Å². The SMILES string of the molecule is COC(=O)c1c(C)nn(C)c1N=Nc1c(C)nn(-c2nc(-n3nc(C)c(N=Nc4nn(C)c(C)c4C(=O)CO)c3N)nc(-n3nc(C)c(N=Nc4c(C(=O)OC)c(C)nn4C)c3N)n2)c1N. The third-order valence-corrected chi connectivity index (χ3v) is 9.99. The van der Waals surface area contributed by atoms with E-state index < -0.39 is 24.3 Å². The van der Waals surface area contributed by atoms with Crippen molar-refractivity contribution in [3.63, 3.8) is 0 Å². The fourth-order valence-electron chi connectivity index (χ4n) is 6.63. The van der Waals surface area contributed by atoms with Crippen LogP contribution in [-0.2, 0) is 30.6 Å². The van der Waals surface area contributed by atoms with Crippen molar-refractivity contribution in [1.29, 1.82) is 0 Å². The Kier molecular flexibility index (Phi) is 11.8. The summed E-state index contributed by atoms with van der Waals surface area (Å²) in [5.74, 6) is -2.73. The van der Waals surface area contributed by atoms with Gasteiger partial charge in [0, 0.05) is 26.8 Å². The Balaban J connectivity index is 1.38. The van der Waals surface area contributed by atoms with Gasteiger partial charge in [0.15, 0.2) is 51.9 Å². The normalized spacial score (nSPS) is 11.9. The zero-order valence-corrected chi connectivity index (χ0v) is 37.3. The van der Waals surface area contributed by atoms with Gasteiger partial charge in [0.1, 0.15) is 17.7 Å². The van der Waals surface area contributed by atoms with Crippen molar-refractivity contribution in [2.45, 2.75) is 41.5 Å². The Hall–Kier alpha value is -8.96. The molecule has 0 aliphatic rings. The van der Waals surface area contributed by atoms with Crippen LogP contribution < -0.4 is 17.2 Å². The molecule has 0 amide bonds. The van der Waals surface area contributed by atoms with E-state index in [1.54, 1.807) is 62.7 Å². The number of hydrogen-bond acceptors (Lipinski definition) is 24. The molecule has 0 bridgehead atoms. The standard InChI is InChI=1S/C36H42N24O6/c1-13-20(32(63)65-10)30(56(8)49-13)47-44-24-16(4)52-59(27(24)38)35-40-34(58-26(37)23(15(3)51-58)43-46-29-22(19(62)12-61)18(6)55(7)54-29)41-36(42-35)60-28(39)25(17(5)53-60)45-48-31-21(33(64)66-11)14(2)50-57(31)9/h61H,12,37-39H2,1-11H3. The van der Waals surface area contributed by atoms with Gasteiger partial charge in [-0.25, -0.2) is 19.0 Å². The van der Waals surface area contributed by atoms with E-state index in [1.807, 2.05) is 0 Å². The summed E-state index contributed by atoms with van der Waals surface area (Å²) in [6.45, 7) is 8.93. The smallest absolute Gasteiger partial charge is 0.343 e. The van der Waals surface area contributed by atoms with Crippen molar-refractivity contribution < 1.29 is 29.0 Å². The minimum absolute atomic E-state index is 0.0552. The highest BCUT2D eigenvalue weighted by Gasteiger charge is 2.27. The van der Waals surface area contributed by atoms with Gasteiger partial charge in [0.25, 0.3) is 17.8 Å². The molecule has 7 aromatic heterocycles. The van der Waals surface area contributed by atoms with Gasteiger partial charge in [-0.1, -0.05) is 0 Å². The van der Waals surface area contributed by atoms with Crippen molar-refractivity contribution in [3.8, 4) is 17.8 Å². The molecular formula is C36H42N24O6. The van der Waals surface area contributed by atoms with Crippen LogP contribution in [0.1, 0.15) is 65.2 Å². The first-order valence-corrected chi connectivity index (χ1v) is 19.3. The maximum atomic E-state index is 12.6. The van der Waals surface area contributed by atoms with Crippen LogP contribution in [0.5, 0.6) is 0 Å². The molecule has 0 radical (unpaired) electrons. The van der Waals surface area contributed by atoms with Crippen molar-refractivity contribution in [1.82, 2.24) is 73.6 Å². The first-order valence-electron chi connectivity index (χ1n) is 19.3. The number of carbonyl (C=O) groups excluding carboxylic acids is 3. The highest BCUT2D eigenvalue weighted by Crippen LogP contribution is 2.36.